The summed E-state index contributed by atoms with van der Waals surface area (Å²) in [7, 11) is -10.8. The zero-order valence-corrected chi connectivity index (χ0v) is 26.3. The van der Waals surface area contributed by atoms with E-state index in [2.05, 4.69) is 13.1 Å². The third kappa shape index (κ3) is 28.9. The maximum absolute atomic E-state index is 12.5. The average Bonchev–Trinajstić information content (AvgIpc) is 2.68. The predicted molar refractivity (Wildman–Crippen MR) is 133 cm³/mol. The first-order chi connectivity index (χ1) is 16.5. The summed E-state index contributed by atoms with van der Waals surface area (Å²) >= 11 is 0. The molecule has 2 N–H and O–H groups in total. The van der Waals surface area contributed by atoms with Crippen molar-refractivity contribution in [2.45, 2.75) is 101 Å². The summed E-state index contributed by atoms with van der Waals surface area (Å²) in [6, 6.07) is -0.568. The Morgan fingerprint density at radius 1 is 0.730 bits per heavy atom. The van der Waals surface area contributed by atoms with Crippen molar-refractivity contribution >= 4 is 35.0 Å². The minimum absolute atomic E-state index is 0.152. The summed E-state index contributed by atoms with van der Waals surface area (Å²) in [4.78, 5) is 10.1. The molecule has 0 saturated carbocycles. The summed E-state index contributed by atoms with van der Waals surface area (Å²) in [5.41, 5.74) is 0. The molecule has 0 saturated heterocycles. The van der Waals surface area contributed by atoms with Crippen molar-refractivity contribution in [3.8, 4) is 0 Å². The van der Waals surface area contributed by atoms with E-state index in [0.29, 0.717) is 6.61 Å². The van der Waals surface area contributed by atoms with E-state index in [1.807, 2.05) is 0 Å². The van der Waals surface area contributed by atoms with Crippen molar-refractivity contribution in [2.75, 3.05) is 19.8 Å². The molecule has 0 bridgehead atoms. The Labute approximate surface area is 218 Å². The normalized spacial score (nSPS) is 17.1. The average molecular weight is 633 g/mol. The van der Waals surface area contributed by atoms with Gasteiger partial charge >= 0.3 is 35.7 Å². The zero-order chi connectivity index (χ0) is 29.6. The Hall–Kier alpha value is 0.0375. The highest BCUT2D eigenvalue weighted by Gasteiger charge is 2.46. The number of aliphatic hydroxyl groups is 1. The van der Waals surface area contributed by atoms with Crippen LogP contribution in [-0.2, 0) is 13.0 Å². The van der Waals surface area contributed by atoms with Gasteiger partial charge in [0.15, 0.2) is 9.04 Å². The number of halogens is 9. The minimum atomic E-state index is -4.60. The van der Waals surface area contributed by atoms with Gasteiger partial charge in [0.2, 0.25) is 0 Å². The second-order valence-corrected chi connectivity index (χ2v) is 22.5. The van der Waals surface area contributed by atoms with Crippen LogP contribution in [0.3, 0.4) is 0 Å². The number of alkyl halides is 9. The van der Waals surface area contributed by atoms with Crippen molar-refractivity contribution in [1.82, 2.24) is 0 Å². The molecule has 0 spiro atoms. The van der Waals surface area contributed by atoms with Gasteiger partial charge in [0.1, 0.15) is 0 Å². The number of hydrogen-bond acceptors (Lipinski definition) is 5. The van der Waals surface area contributed by atoms with Gasteiger partial charge in [-0.1, -0.05) is 19.1 Å². The first kappa shape index (κ1) is 39.2. The van der Waals surface area contributed by atoms with Crippen LogP contribution in [0.15, 0.2) is 0 Å². The molecule has 0 fully saturated rings. The molecule has 0 aliphatic heterocycles. The summed E-state index contributed by atoms with van der Waals surface area (Å²) in [6.07, 6.45) is -16.4. The van der Waals surface area contributed by atoms with Gasteiger partial charge in [-0.2, -0.15) is 39.5 Å². The van der Waals surface area contributed by atoms with E-state index in [-0.39, 0.29) is 15.4 Å². The summed E-state index contributed by atoms with van der Waals surface area (Å²) in [6.45, 7) is 9.65. The highest BCUT2D eigenvalue weighted by atomic mass is 28.5. The van der Waals surface area contributed by atoms with Crippen LogP contribution < -0.4 is 0 Å². The summed E-state index contributed by atoms with van der Waals surface area (Å²) in [5, 5.41) is 8.36. The Morgan fingerprint density at radius 2 is 1.22 bits per heavy atom. The molecule has 18 heteroatoms. The van der Waals surface area contributed by atoms with Crippen molar-refractivity contribution in [3.63, 3.8) is 0 Å². The van der Waals surface area contributed by atoms with Gasteiger partial charge < -0.3 is 22.9 Å². The molecule has 0 amide bonds. The second-order valence-electron chi connectivity index (χ2n) is 9.60. The van der Waals surface area contributed by atoms with Crippen LogP contribution in [0.25, 0.3) is 0 Å². The summed E-state index contributed by atoms with van der Waals surface area (Å²) < 4.78 is 127. The predicted octanol–water partition coefficient (Wildman–Crippen LogP) is 6.24. The lowest BCUT2D eigenvalue weighted by Gasteiger charge is -2.36. The van der Waals surface area contributed by atoms with Crippen LogP contribution in [0.2, 0.25) is 56.9 Å². The minimum Gasteiger partial charge on any atom is -0.439 e. The Balaban J connectivity index is 0. The van der Waals surface area contributed by atoms with Crippen molar-refractivity contribution < 1.29 is 62.4 Å². The lowest BCUT2D eigenvalue weighted by Crippen LogP contribution is -2.53. The molecule has 0 aliphatic carbocycles. The quantitative estimate of drug-likeness (QED) is 0.120. The Bertz CT molecular complexity index is 594. The standard InChI is InChI=1S/C12H23F9O3Si3.C7H18O2Si/c1-25(7-4-10(13,14)15)23-27(3,9-6-12(19,20)21)24-26(2,22)8-5-11(16,17)18;1-10(2)7-3-5-9-6-4-8/h22,25H,4-9H2,1-3H3;8,10H,3-7H2,1-2H3. The van der Waals surface area contributed by atoms with E-state index in [0.717, 1.165) is 19.7 Å². The Morgan fingerprint density at radius 3 is 1.65 bits per heavy atom. The van der Waals surface area contributed by atoms with E-state index < -0.39 is 82.1 Å². The highest BCUT2D eigenvalue weighted by molar-refractivity contribution is 6.82. The van der Waals surface area contributed by atoms with E-state index in [4.69, 9.17) is 18.1 Å². The van der Waals surface area contributed by atoms with Crippen molar-refractivity contribution in [1.29, 1.82) is 0 Å². The fourth-order valence-electron chi connectivity index (χ4n) is 3.00. The monoisotopic (exact) mass is 632 g/mol. The maximum atomic E-state index is 12.5. The fourth-order valence-corrected chi connectivity index (χ4v) is 15.7. The first-order valence-electron chi connectivity index (χ1n) is 12.0. The van der Waals surface area contributed by atoms with Crippen molar-refractivity contribution in [3.05, 3.63) is 0 Å². The van der Waals surface area contributed by atoms with Crippen LogP contribution >= 0.6 is 0 Å². The van der Waals surface area contributed by atoms with Crippen LogP contribution in [0, 0.1) is 0 Å². The van der Waals surface area contributed by atoms with E-state index in [1.165, 1.54) is 19.0 Å². The van der Waals surface area contributed by atoms with Crippen LogP contribution in [0.4, 0.5) is 39.5 Å². The van der Waals surface area contributed by atoms with Gasteiger partial charge in [0.05, 0.1) is 13.2 Å². The van der Waals surface area contributed by atoms with Gasteiger partial charge in [-0.25, -0.2) is 0 Å². The van der Waals surface area contributed by atoms with Gasteiger partial charge in [-0.3, -0.25) is 0 Å². The topological polar surface area (TPSA) is 68.2 Å². The van der Waals surface area contributed by atoms with Crippen LogP contribution in [-0.4, -0.2) is 83.2 Å². The molecule has 3 unspecified atom stereocenters. The highest BCUT2D eigenvalue weighted by Crippen LogP contribution is 2.33. The van der Waals surface area contributed by atoms with Crippen LogP contribution in [0.5, 0.6) is 0 Å². The van der Waals surface area contributed by atoms with E-state index in [1.54, 1.807) is 0 Å². The molecule has 0 aromatic heterocycles. The van der Waals surface area contributed by atoms with E-state index in [9.17, 15) is 44.3 Å². The molecule has 0 rings (SSSR count). The van der Waals surface area contributed by atoms with E-state index >= 15 is 0 Å². The first-order valence-corrected chi connectivity index (χ1v) is 22.6. The molecular weight excluding hydrogens is 592 g/mol. The van der Waals surface area contributed by atoms with Crippen LogP contribution in [0.1, 0.15) is 25.7 Å². The molecule has 5 nitrogen and oxygen atoms in total. The van der Waals surface area contributed by atoms with Gasteiger partial charge in [-0.05, 0) is 44.2 Å². The smallest absolute Gasteiger partial charge is 0.389 e. The van der Waals surface area contributed by atoms with Gasteiger partial charge in [-0.15, -0.1) is 0 Å². The second kappa shape index (κ2) is 17.7. The fraction of sp³-hybridized carbons (Fsp3) is 1.00. The number of aliphatic hydroxyl groups excluding tert-OH is 1. The molecular formula is C19H41F9O5Si4. The largest absolute Gasteiger partial charge is 0.439 e. The summed E-state index contributed by atoms with van der Waals surface area (Å²) in [5.74, 6) is 0. The molecule has 0 heterocycles. The SMILES string of the molecule is C[SiH](C)CCCOCCO.C[SiH](CCC(F)(F)F)O[Si](C)(CCC(F)(F)F)O[Si](C)(O)CCC(F)(F)F. The molecule has 0 aliphatic rings. The lowest BCUT2D eigenvalue weighted by molar-refractivity contribution is -0.132. The van der Waals surface area contributed by atoms with Gasteiger partial charge in [0.25, 0.3) is 0 Å². The number of ether oxygens (including phenoxy) is 1. The third-order valence-corrected chi connectivity index (χ3v) is 16.9. The number of hydrogen-bond donors (Lipinski definition) is 2. The van der Waals surface area contributed by atoms with Gasteiger partial charge in [0, 0.05) is 34.7 Å². The zero-order valence-electron chi connectivity index (χ0n) is 22.0. The third-order valence-electron chi connectivity index (χ3n) is 4.76. The maximum Gasteiger partial charge on any atom is 0.389 e. The van der Waals surface area contributed by atoms with Crippen molar-refractivity contribution in [2.24, 2.45) is 0 Å². The molecule has 0 aromatic carbocycles. The molecule has 0 aromatic rings. The Kier molecular flexibility index (Phi) is 18.7. The molecule has 3 atom stereocenters. The molecule has 37 heavy (non-hydrogen) atoms. The lowest BCUT2D eigenvalue weighted by atomic mass is 10.5. The number of rotatable bonds is 16. The molecule has 226 valence electrons. The molecule has 0 radical (unpaired) electrons.